The summed E-state index contributed by atoms with van der Waals surface area (Å²) in [7, 11) is 0. The van der Waals surface area contributed by atoms with E-state index in [-0.39, 0.29) is 10.8 Å². The quantitative estimate of drug-likeness (QED) is 0.702. The summed E-state index contributed by atoms with van der Waals surface area (Å²) in [6, 6.07) is 5.99. The van der Waals surface area contributed by atoms with Gasteiger partial charge in [-0.05, 0) is 24.0 Å². The summed E-state index contributed by atoms with van der Waals surface area (Å²) >= 11 is 6.41. The molecule has 0 aliphatic carbocycles. The fourth-order valence-corrected chi connectivity index (χ4v) is 2.18. The SMILES string of the molecule is CC(c1ccccn1)C(Cl)CC(C)(C)C. The molecule has 0 saturated carbocycles. The molecule has 0 amide bonds. The van der Waals surface area contributed by atoms with E-state index < -0.39 is 0 Å². The number of pyridine rings is 1. The lowest BCUT2D eigenvalue weighted by molar-refractivity contribution is 0.355. The molecule has 2 heteroatoms. The molecule has 0 aromatic carbocycles. The van der Waals surface area contributed by atoms with Gasteiger partial charge in [-0.15, -0.1) is 11.6 Å². The summed E-state index contributed by atoms with van der Waals surface area (Å²) in [4.78, 5) is 4.35. The molecule has 0 radical (unpaired) electrons. The minimum Gasteiger partial charge on any atom is -0.261 e. The lowest BCUT2D eigenvalue weighted by Gasteiger charge is -2.25. The lowest BCUT2D eigenvalue weighted by atomic mass is 9.86. The third-order valence-electron chi connectivity index (χ3n) is 2.50. The van der Waals surface area contributed by atoms with E-state index in [0.717, 1.165) is 12.1 Å². The van der Waals surface area contributed by atoms with Gasteiger partial charge in [-0.2, -0.15) is 0 Å². The van der Waals surface area contributed by atoms with Crippen LogP contribution in [-0.4, -0.2) is 10.4 Å². The van der Waals surface area contributed by atoms with Gasteiger partial charge in [0.25, 0.3) is 0 Å². The van der Waals surface area contributed by atoms with Gasteiger partial charge in [-0.25, -0.2) is 0 Å². The molecule has 0 spiro atoms. The molecular weight excluding hydrogens is 206 g/mol. The summed E-state index contributed by atoms with van der Waals surface area (Å²) in [5.41, 5.74) is 1.36. The maximum atomic E-state index is 6.41. The first-order valence-corrected chi connectivity index (χ1v) is 5.89. The summed E-state index contributed by atoms with van der Waals surface area (Å²) in [5.74, 6) is 0.312. The van der Waals surface area contributed by atoms with Crippen LogP contribution in [0.3, 0.4) is 0 Å². The zero-order valence-electron chi connectivity index (χ0n) is 10.00. The highest BCUT2D eigenvalue weighted by molar-refractivity contribution is 6.21. The summed E-state index contributed by atoms with van der Waals surface area (Å²) < 4.78 is 0. The predicted molar refractivity (Wildman–Crippen MR) is 66.4 cm³/mol. The molecule has 0 N–H and O–H groups in total. The molecule has 1 rings (SSSR count). The van der Waals surface area contributed by atoms with Gasteiger partial charge >= 0.3 is 0 Å². The van der Waals surface area contributed by atoms with Crippen LogP contribution >= 0.6 is 11.6 Å². The van der Waals surface area contributed by atoms with Gasteiger partial charge in [0.1, 0.15) is 0 Å². The Hall–Kier alpha value is -0.560. The Morgan fingerprint density at radius 1 is 1.33 bits per heavy atom. The molecule has 0 fully saturated rings. The van der Waals surface area contributed by atoms with E-state index in [2.05, 4.69) is 32.7 Å². The maximum Gasteiger partial charge on any atom is 0.0446 e. The van der Waals surface area contributed by atoms with Gasteiger partial charge in [-0.3, -0.25) is 4.98 Å². The van der Waals surface area contributed by atoms with Crippen molar-refractivity contribution in [2.24, 2.45) is 5.41 Å². The van der Waals surface area contributed by atoms with Gasteiger partial charge in [0.15, 0.2) is 0 Å². The van der Waals surface area contributed by atoms with Crippen LogP contribution < -0.4 is 0 Å². The average molecular weight is 226 g/mol. The van der Waals surface area contributed by atoms with Crippen molar-refractivity contribution in [3.63, 3.8) is 0 Å². The Morgan fingerprint density at radius 3 is 2.47 bits per heavy atom. The molecule has 0 saturated heterocycles. The van der Waals surface area contributed by atoms with Crippen molar-refractivity contribution in [3.05, 3.63) is 30.1 Å². The molecule has 2 unspecified atom stereocenters. The second kappa shape index (κ2) is 4.98. The van der Waals surface area contributed by atoms with Crippen LogP contribution in [0.2, 0.25) is 0 Å². The molecule has 0 bridgehead atoms. The Morgan fingerprint density at radius 2 is 2.00 bits per heavy atom. The second-order valence-corrected chi connectivity index (χ2v) is 5.88. The number of halogens is 1. The Balaban J connectivity index is 2.65. The van der Waals surface area contributed by atoms with E-state index in [1.54, 1.807) is 0 Å². The van der Waals surface area contributed by atoms with E-state index >= 15 is 0 Å². The van der Waals surface area contributed by atoms with Gasteiger partial charge in [0, 0.05) is 23.2 Å². The van der Waals surface area contributed by atoms with Crippen molar-refractivity contribution in [1.82, 2.24) is 4.98 Å². The van der Waals surface area contributed by atoms with Crippen LogP contribution in [0.25, 0.3) is 0 Å². The Kier molecular flexibility index (Phi) is 4.15. The fraction of sp³-hybridized carbons (Fsp3) is 0.615. The normalized spacial score (nSPS) is 16.1. The van der Waals surface area contributed by atoms with E-state index in [1.165, 1.54) is 0 Å². The third kappa shape index (κ3) is 4.21. The van der Waals surface area contributed by atoms with Crippen LogP contribution in [0.1, 0.15) is 45.7 Å². The fourth-order valence-electron chi connectivity index (χ4n) is 1.59. The Labute approximate surface area is 97.9 Å². The average Bonchev–Trinajstić information content (AvgIpc) is 2.15. The van der Waals surface area contributed by atoms with Crippen LogP contribution in [0.5, 0.6) is 0 Å². The molecule has 1 aromatic rings. The molecule has 15 heavy (non-hydrogen) atoms. The van der Waals surface area contributed by atoms with E-state index in [4.69, 9.17) is 11.6 Å². The molecule has 1 heterocycles. The predicted octanol–water partition coefficient (Wildman–Crippen LogP) is 4.23. The number of nitrogens with zero attached hydrogens (tertiary/aromatic N) is 1. The molecule has 1 nitrogen and oxygen atoms in total. The zero-order chi connectivity index (χ0) is 11.5. The van der Waals surface area contributed by atoms with Crippen molar-refractivity contribution in [1.29, 1.82) is 0 Å². The first kappa shape index (κ1) is 12.5. The minimum absolute atomic E-state index is 0.153. The third-order valence-corrected chi connectivity index (χ3v) is 3.04. The van der Waals surface area contributed by atoms with Gasteiger partial charge < -0.3 is 0 Å². The van der Waals surface area contributed by atoms with Gasteiger partial charge in [0.05, 0.1) is 0 Å². The number of hydrogen-bond acceptors (Lipinski definition) is 1. The van der Waals surface area contributed by atoms with Crippen molar-refractivity contribution in [3.8, 4) is 0 Å². The van der Waals surface area contributed by atoms with Crippen molar-refractivity contribution >= 4 is 11.6 Å². The summed E-state index contributed by atoms with van der Waals surface area (Å²) in [6.07, 6.45) is 2.83. The molecule has 84 valence electrons. The summed E-state index contributed by atoms with van der Waals surface area (Å²) in [6.45, 7) is 8.79. The van der Waals surface area contributed by atoms with Crippen molar-refractivity contribution in [2.45, 2.75) is 45.4 Å². The van der Waals surface area contributed by atoms with Crippen molar-refractivity contribution in [2.75, 3.05) is 0 Å². The first-order chi connectivity index (χ1) is 6.90. The molecule has 1 aromatic heterocycles. The second-order valence-electron chi connectivity index (χ2n) is 5.32. The topological polar surface area (TPSA) is 12.9 Å². The molecule has 0 aliphatic rings. The van der Waals surface area contributed by atoms with E-state index in [9.17, 15) is 0 Å². The molecule has 0 aliphatic heterocycles. The number of alkyl halides is 1. The lowest BCUT2D eigenvalue weighted by Crippen LogP contribution is -2.19. The molecular formula is C13H20ClN. The highest BCUT2D eigenvalue weighted by Crippen LogP contribution is 2.31. The van der Waals surface area contributed by atoms with Crippen LogP contribution in [0, 0.1) is 5.41 Å². The minimum atomic E-state index is 0.153. The smallest absolute Gasteiger partial charge is 0.0446 e. The number of aromatic nitrogens is 1. The van der Waals surface area contributed by atoms with Gasteiger partial charge in [-0.1, -0.05) is 33.8 Å². The van der Waals surface area contributed by atoms with E-state index in [0.29, 0.717) is 5.92 Å². The monoisotopic (exact) mass is 225 g/mol. The zero-order valence-corrected chi connectivity index (χ0v) is 10.8. The van der Waals surface area contributed by atoms with Gasteiger partial charge in [0.2, 0.25) is 0 Å². The van der Waals surface area contributed by atoms with E-state index in [1.807, 2.05) is 24.4 Å². The van der Waals surface area contributed by atoms with Crippen molar-refractivity contribution < 1.29 is 0 Å². The Bertz CT molecular complexity index is 289. The maximum absolute atomic E-state index is 6.41. The number of rotatable bonds is 3. The summed E-state index contributed by atoms with van der Waals surface area (Å²) in [5, 5.41) is 0.153. The van der Waals surface area contributed by atoms with Crippen LogP contribution in [-0.2, 0) is 0 Å². The highest BCUT2D eigenvalue weighted by atomic mass is 35.5. The largest absolute Gasteiger partial charge is 0.261 e. The number of hydrogen-bond donors (Lipinski definition) is 0. The highest BCUT2D eigenvalue weighted by Gasteiger charge is 2.23. The molecule has 2 atom stereocenters. The van der Waals surface area contributed by atoms with Crippen LogP contribution in [0.15, 0.2) is 24.4 Å². The standard InChI is InChI=1S/C13H20ClN/c1-10(11(14)9-13(2,3)4)12-7-5-6-8-15-12/h5-8,10-11H,9H2,1-4H3. The van der Waals surface area contributed by atoms with Crippen LogP contribution in [0.4, 0.5) is 0 Å². The first-order valence-electron chi connectivity index (χ1n) is 5.45.